The number of fused-ring (bicyclic) bond motifs is 1. The van der Waals surface area contributed by atoms with E-state index in [2.05, 4.69) is 72.8 Å². The summed E-state index contributed by atoms with van der Waals surface area (Å²) < 4.78 is 6.56. The van der Waals surface area contributed by atoms with Gasteiger partial charge in [0.1, 0.15) is 34.2 Å². The minimum absolute atomic E-state index is 0. The molecule has 6 aromatic carbocycles. The number of halogens is 1. The Morgan fingerprint density at radius 3 is 1.52 bits per heavy atom. The first kappa shape index (κ1) is 37.5. The summed E-state index contributed by atoms with van der Waals surface area (Å²) in [6, 6.07) is 60.7. The summed E-state index contributed by atoms with van der Waals surface area (Å²) in [5, 5.41) is 2.44. The lowest BCUT2D eigenvalue weighted by Gasteiger charge is -2.48. The van der Waals surface area contributed by atoms with Crippen LogP contribution in [-0.4, -0.2) is 33.7 Å². The highest BCUT2D eigenvalue weighted by Crippen LogP contribution is 2.59. The van der Waals surface area contributed by atoms with E-state index in [1.165, 1.54) is 11.8 Å². The Hall–Kier alpha value is -4.79. The van der Waals surface area contributed by atoms with Crippen molar-refractivity contribution in [1.82, 2.24) is 4.90 Å². The fourth-order valence-corrected chi connectivity index (χ4v) is 13.1. The van der Waals surface area contributed by atoms with Crippen molar-refractivity contribution in [2.75, 3.05) is 6.16 Å². The summed E-state index contributed by atoms with van der Waals surface area (Å²) in [6.45, 7) is 0. The average molecular weight is 857 g/mol. The summed E-state index contributed by atoms with van der Waals surface area (Å²) in [5.74, 6) is -0.792. The van der Waals surface area contributed by atoms with Crippen LogP contribution in [0.5, 0.6) is 0 Å². The lowest BCUT2D eigenvalue weighted by molar-refractivity contribution is -0.149. The molecule has 8 rings (SSSR count). The molecule has 1 fully saturated rings. The number of hydrogen-bond acceptors (Lipinski definition) is 5. The SMILES string of the molecule is NC1S[C@@H]2C(=Cc3ccccc3)C(=O)N2C(C(=O)OC(c2ccccc2)c2ccccc2)=C1C[P+](c1ccccc1)(c1ccccc1)c1ccccc1.[I-]. The number of benzene rings is 6. The van der Waals surface area contributed by atoms with Crippen molar-refractivity contribution in [2.45, 2.75) is 16.9 Å². The van der Waals surface area contributed by atoms with Crippen LogP contribution in [-0.2, 0) is 14.3 Å². The molecule has 5 nitrogen and oxygen atoms in total. The standard InChI is InChI=1S/C46H38N2O3PS.HI/c47-43-40(32-52(36-25-13-4-14-26-36,37-27-15-5-16-28-37)38-29-17-6-18-30-38)41(48-44(49)39(45(48)53-43)31-33-19-7-1-8-20-33)46(50)51-42(34-21-9-2-10-22-34)35-23-11-3-12-24-35;/h1-31,42-43,45H,32,47H2;1H/q+1;/p-1/t43?,45-;/m1./s1. The fourth-order valence-electron chi connectivity index (χ4n) is 7.31. The first-order valence-electron chi connectivity index (χ1n) is 17.6. The minimum Gasteiger partial charge on any atom is -1.00 e. The van der Waals surface area contributed by atoms with Crippen LogP contribution in [0.2, 0.25) is 0 Å². The molecule has 1 saturated heterocycles. The summed E-state index contributed by atoms with van der Waals surface area (Å²) >= 11 is 1.50. The fraction of sp³-hybridized carbons (Fsp3) is 0.0870. The maximum absolute atomic E-state index is 15.1. The minimum atomic E-state index is -2.51. The van der Waals surface area contributed by atoms with Crippen molar-refractivity contribution < 1.29 is 38.3 Å². The van der Waals surface area contributed by atoms with E-state index in [9.17, 15) is 4.79 Å². The molecule has 2 aliphatic heterocycles. The Morgan fingerprint density at radius 2 is 1.07 bits per heavy atom. The molecule has 0 aliphatic carbocycles. The number of hydrogen-bond donors (Lipinski definition) is 1. The highest BCUT2D eigenvalue weighted by Gasteiger charge is 2.56. The second-order valence-corrected chi connectivity index (χ2v) is 17.8. The van der Waals surface area contributed by atoms with Gasteiger partial charge in [-0.3, -0.25) is 9.69 Å². The van der Waals surface area contributed by atoms with Crippen LogP contribution in [0.4, 0.5) is 0 Å². The Bertz CT molecular complexity index is 2140. The van der Waals surface area contributed by atoms with Gasteiger partial charge in [0.25, 0.3) is 5.91 Å². The van der Waals surface area contributed by atoms with E-state index < -0.39 is 30.1 Å². The largest absolute Gasteiger partial charge is 1.00 e. The summed E-state index contributed by atoms with van der Waals surface area (Å²) in [7, 11) is -2.51. The average Bonchev–Trinajstić information content (AvgIpc) is 3.23. The van der Waals surface area contributed by atoms with Gasteiger partial charge in [0.05, 0.1) is 17.1 Å². The predicted molar refractivity (Wildman–Crippen MR) is 218 cm³/mol. The van der Waals surface area contributed by atoms with E-state index in [0.29, 0.717) is 17.3 Å². The maximum Gasteiger partial charge on any atom is 0.356 e. The van der Waals surface area contributed by atoms with Crippen LogP contribution in [0.3, 0.4) is 0 Å². The molecule has 1 unspecified atom stereocenters. The first-order valence-corrected chi connectivity index (χ1v) is 20.6. The molecule has 8 heteroatoms. The summed E-state index contributed by atoms with van der Waals surface area (Å²) in [5.41, 5.74) is 11.4. The molecule has 0 bridgehead atoms. The number of amides is 1. The van der Waals surface area contributed by atoms with Crippen LogP contribution in [0, 0.1) is 0 Å². The molecule has 2 heterocycles. The zero-order valence-electron chi connectivity index (χ0n) is 29.3. The third kappa shape index (κ3) is 7.21. The molecule has 0 aromatic heterocycles. The van der Waals surface area contributed by atoms with Crippen molar-refractivity contribution in [3.05, 3.63) is 216 Å². The number of esters is 1. The van der Waals surface area contributed by atoms with E-state index in [4.69, 9.17) is 10.5 Å². The van der Waals surface area contributed by atoms with Crippen molar-refractivity contribution in [1.29, 1.82) is 0 Å². The Labute approximate surface area is 338 Å². The lowest BCUT2D eigenvalue weighted by Crippen LogP contribution is -3.00. The second kappa shape index (κ2) is 16.7. The van der Waals surface area contributed by atoms with E-state index in [0.717, 1.165) is 32.6 Å². The van der Waals surface area contributed by atoms with Gasteiger partial charge in [-0.05, 0) is 59.2 Å². The zero-order chi connectivity index (χ0) is 36.2. The molecule has 0 spiro atoms. The number of carbonyl (C=O) groups excluding carboxylic acids is 2. The molecule has 268 valence electrons. The molecule has 2 N–H and O–H groups in total. The normalized spacial score (nSPS) is 17.4. The van der Waals surface area contributed by atoms with Gasteiger partial charge in [0.15, 0.2) is 6.10 Å². The highest BCUT2D eigenvalue weighted by molar-refractivity contribution is 8.01. The van der Waals surface area contributed by atoms with Crippen LogP contribution < -0.4 is 45.6 Å². The molecule has 54 heavy (non-hydrogen) atoms. The molecular formula is C46H38IN2O3PS. The number of nitrogens with zero attached hydrogens (tertiary/aromatic N) is 1. The second-order valence-electron chi connectivity index (χ2n) is 13.0. The van der Waals surface area contributed by atoms with E-state index >= 15 is 4.79 Å². The van der Waals surface area contributed by atoms with Crippen LogP contribution in [0.1, 0.15) is 22.8 Å². The van der Waals surface area contributed by atoms with Crippen molar-refractivity contribution in [3.63, 3.8) is 0 Å². The van der Waals surface area contributed by atoms with Crippen molar-refractivity contribution in [3.8, 4) is 0 Å². The van der Waals surface area contributed by atoms with Gasteiger partial charge in [0.2, 0.25) is 0 Å². The van der Waals surface area contributed by atoms with Crippen molar-refractivity contribution in [2.24, 2.45) is 5.73 Å². The number of carbonyl (C=O) groups is 2. The number of nitrogens with two attached hydrogens (primary N) is 1. The molecule has 0 saturated carbocycles. The smallest absolute Gasteiger partial charge is 0.356 e. The number of thioether (sulfide) groups is 1. The van der Waals surface area contributed by atoms with E-state index in [1.807, 2.05) is 115 Å². The lowest BCUT2D eigenvalue weighted by atomic mass is 9.98. The predicted octanol–water partition coefficient (Wildman–Crippen LogP) is 4.85. The van der Waals surface area contributed by atoms with Crippen LogP contribution in [0.25, 0.3) is 6.08 Å². The number of β-lactam (4-membered cyclic amide) rings is 1. The van der Waals surface area contributed by atoms with Crippen LogP contribution >= 0.6 is 19.0 Å². The maximum atomic E-state index is 15.1. The molecule has 2 aliphatic rings. The Balaban J connectivity index is 0.00000450. The van der Waals surface area contributed by atoms with Gasteiger partial charge in [-0.15, -0.1) is 11.8 Å². The summed E-state index contributed by atoms with van der Waals surface area (Å²) in [4.78, 5) is 31.0. The Kier molecular flexibility index (Phi) is 11.6. The quantitative estimate of drug-likeness (QED) is 0.0702. The molecule has 2 atom stereocenters. The monoisotopic (exact) mass is 856 g/mol. The number of ether oxygens (including phenoxy) is 1. The third-order valence-electron chi connectivity index (χ3n) is 9.87. The molecular weight excluding hydrogens is 818 g/mol. The molecule has 1 amide bonds. The van der Waals surface area contributed by atoms with Gasteiger partial charge >= 0.3 is 5.97 Å². The van der Waals surface area contributed by atoms with E-state index in [1.54, 1.807) is 4.90 Å². The molecule has 6 aromatic rings. The van der Waals surface area contributed by atoms with Gasteiger partial charge in [0, 0.05) is 5.57 Å². The number of rotatable bonds is 10. The summed E-state index contributed by atoms with van der Waals surface area (Å²) in [6.07, 6.45) is 1.65. The van der Waals surface area contributed by atoms with E-state index in [-0.39, 0.29) is 35.6 Å². The third-order valence-corrected chi connectivity index (χ3v) is 15.5. The topological polar surface area (TPSA) is 72.6 Å². The van der Waals surface area contributed by atoms with Gasteiger partial charge in [-0.2, -0.15) is 0 Å². The van der Waals surface area contributed by atoms with Gasteiger partial charge < -0.3 is 34.4 Å². The Morgan fingerprint density at radius 1 is 0.667 bits per heavy atom. The molecule has 0 radical (unpaired) electrons. The van der Waals surface area contributed by atoms with Gasteiger partial charge in [-0.1, -0.05) is 146 Å². The van der Waals surface area contributed by atoms with Gasteiger partial charge in [-0.25, -0.2) is 4.79 Å². The van der Waals surface area contributed by atoms with Crippen molar-refractivity contribution >= 4 is 52.9 Å². The highest BCUT2D eigenvalue weighted by atomic mass is 127. The first-order chi connectivity index (χ1) is 26.0. The van der Waals surface area contributed by atoms with Crippen LogP contribution in [0.15, 0.2) is 199 Å². The zero-order valence-corrected chi connectivity index (χ0v) is 33.2.